The van der Waals surface area contributed by atoms with Crippen molar-refractivity contribution < 1.29 is 8.42 Å². The van der Waals surface area contributed by atoms with Gasteiger partial charge in [0.25, 0.3) is 0 Å². The second-order valence-corrected chi connectivity index (χ2v) is 7.00. The van der Waals surface area contributed by atoms with Crippen LogP contribution in [0, 0.1) is 0 Å². The highest BCUT2D eigenvalue weighted by atomic mass is 32.2. The lowest BCUT2D eigenvalue weighted by Crippen LogP contribution is -2.33. The molecule has 0 bridgehead atoms. The number of nitrogens with zero attached hydrogens (tertiary/aromatic N) is 1. The summed E-state index contributed by atoms with van der Waals surface area (Å²) in [5.41, 5.74) is 1.09. The normalized spacial score (nSPS) is 12.2. The monoisotopic (exact) mass is 275 g/mol. The molecule has 3 nitrogen and oxygen atoms in total. The summed E-state index contributed by atoms with van der Waals surface area (Å²) in [6.45, 7) is 5.15. The lowest BCUT2D eigenvalue weighted by molar-refractivity contribution is 0.405. The first-order valence-corrected chi connectivity index (χ1v) is 8.64. The van der Waals surface area contributed by atoms with E-state index in [0.29, 0.717) is 13.1 Å². The number of thiophene rings is 1. The molecule has 0 amide bonds. The van der Waals surface area contributed by atoms with Gasteiger partial charge in [-0.1, -0.05) is 20.3 Å². The molecule has 98 valence electrons. The molecule has 1 rings (SSSR count). The molecule has 0 saturated carbocycles. The molecule has 0 aliphatic heterocycles. The molecule has 0 aliphatic carbocycles. The molecule has 0 aromatic carbocycles. The summed E-state index contributed by atoms with van der Waals surface area (Å²) in [4.78, 5) is 0. The zero-order valence-electron chi connectivity index (χ0n) is 10.6. The molecule has 5 heteroatoms. The van der Waals surface area contributed by atoms with Crippen LogP contribution in [0.1, 0.15) is 38.7 Å². The van der Waals surface area contributed by atoms with Crippen LogP contribution in [0.2, 0.25) is 0 Å². The van der Waals surface area contributed by atoms with Crippen LogP contribution in [-0.4, -0.2) is 25.0 Å². The third-order valence-electron chi connectivity index (χ3n) is 2.56. The van der Waals surface area contributed by atoms with Gasteiger partial charge in [-0.2, -0.15) is 15.6 Å². The van der Waals surface area contributed by atoms with Gasteiger partial charge in [-0.25, -0.2) is 8.42 Å². The minimum atomic E-state index is -3.08. The molecular formula is C12H21NO2S2. The lowest BCUT2D eigenvalue weighted by atomic mass is 10.3. The summed E-state index contributed by atoms with van der Waals surface area (Å²) in [7, 11) is -3.08. The van der Waals surface area contributed by atoms with Gasteiger partial charge in [-0.05, 0) is 35.2 Å². The number of hydrogen-bond donors (Lipinski definition) is 0. The average Bonchev–Trinajstić information content (AvgIpc) is 2.79. The van der Waals surface area contributed by atoms with Gasteiger partial charge < -0.3 is 0 Å². The highest BCUT2D eigenvalue weighted by Gasteiger charge is 2.20. The fraction of sp³-hybridized carbons (Fsp3) is 0.667. The standard InChI is InChI=1S/C12H21NO2S2/c1-3-5-9-17(14,15)13(7-4-2)10-12-6-8-16-11-12/h6,8,11H,3-5,7,9-10H2,1-2H3. The Morgan fingerprint density at radius 2 is 2.06 bits per heavy atom. The summed E-state index contributed by atoms with van der Waals surface area (Å²) >= 11 is 1.61. The quantitative estimate of drug-likeness (QED) is 0.731. The Balaban J connectivity index is 2.70. The maximum Gasteiger partial charge on any atom is 0.214 e. The molecule has 0 saturated heterocycles. The predicted octanol–water partition coefficient (Wildman–Crippen LogP) is 3.09. The Morgan fingerprint density at radius 1 is 1.29 bits per heavy atom. The van der Waals surface area contributed by atoms with Crippen LogP contribution in [-0.2, 0) is 16.6 Å². The molecule has 1 aromatic rings. The number of sulfonamides is 1. The molecule has 1 heterocycles. The van der Waals surface area contributed by atoms with E-state index in [4.69, 9.17) is 0 Å². The van der Waals surface area contributed by atoms with Gasteiger partial charge >= 0.3 is 0 Å². The first-order valence-electron chi connectivity index (χ1n) is 6.09. The van der Waals surface area contributed by atoms with Gasteiger partial charge in [0.05, 0.1) is 5.75 Å². The summed E-state index contributed by atoms with van der Waals surface area (Å²) < 4.78 is 25.9. The van der Waals surface area contributed by atoms with Crippen molar-refractivity contribution in [3.05, 3.63) is 22.4 Å². The Bertz CT molecular complexity index is 398. The molecule has 0 atom stereocenters. The maximum atomic E-state index is 12.1. The summed E-state index contributed by atoms with van der Waals surface area (Å²) in [6, 6.07) is 1.99. The maximum absolute atomic E-state index is 12.1. The molecule has 0 unspecified atom stereocenters. The summed E-state index contributed by atoms with van der Waals surface area (Å²) in [5, 5.41) is 4.00. The Labute approximate surface area is 109 Å². The highest BCUT2D eigenvalue weighted by molar-refractivity contribution is 7.89. The zero-order chi connectivity index (χ0) is 12.7. The first kappa shape index (κ1) is 14.7. The largest absolute Gasteiger partial charge is 0.214 e. The van der Waals surface area contributed by atoms with E-state index in [1.165, 1.54) is 0 Å². The van der Waals surface area contributed by atoms with Crippen molar-refractivity contribution in [3.8, 4) is 0 Å². The molecule has 0 radical (unpaired) electrons. The summed E-state index contributed by atoms with van der Waals surface area (Å²) in [6.07, 6.45) is 2.51. The lowest BCUT2D eigenvalue weighted by Gasteiger charge is -2.21. The van der Waals surface area contributed by atoms with E-state index >= 15 is 0 Å². The minimum absolute atomic E-state index is 0.271. The number of rotatable bonds is 8. The topological polar surface area (TPSA) is 37.4 Å². The van der Waals surface area contributed by atoms with Crippen molar-refractivity contribution in [2.45, 2.75) is 39.7 Å². The van der Waals surface area contributed by atoms with Crippen molar-refractivity contribution >= 4 is 21.4 Å². The van der Waals surface area contributed by atoms with Crippen molar-refractivity contribution in [2.75, 3.05) is 12.3 Å². The van der Waals surface area contributed by atoms with Crippen molar-refractivity contribution in [3.63, 3.8) is 0 Å². The zero-order valence-corrected chi connectivity index (χ0v) is 12.2. The third-order valence-corrected chi connectivity index (χ3v) is 5.20. The van der Waals surface area contributed by atoms with Crippen LogP contribution in [0.25, 0.3) is 0 Å². The molecule has 17 heavy (non-hydrogen) atoms. The minimum Gasteiger partial charge on any atom is -0.212 e. The van der Waals surface area contributed by atoms with Gasteiger partial charge in [0.15, 0.2) is 0 Å². The second kappa shape index (κ2) is 7.13. The molecule has 0 spiro atoms. The molecule has 0 N–H and O–H groups in total. The molecule has 1 aromatic heterocycles. The highest BCUT2D eigenvalue weighted by Crippen LogP contribution is 2.14. The summed E-state index contributed by atoms with van der Waals surface area (Å²) in [5.74, 6) is 0.271. The predicted molar refractivity (Wildman–Crippen MR) is 73.7 cm³/mol. The van der Waals surface area contributed by atoms with Gasteiger partial charge in [0.1, 0.15) is 0 Å². The fourth-order valence-corrected chi connectivity index (χ4v) is 3.99. The van der Waals surface area contributed by atoms with E-state index < -0.39 is 10.0 Å². The van der Waals surface area contributed by atoms with Crippen molar-refractivity contribution in [2.24, 2.45) is 0 Å². The SMILES string of the molecule is CCCCS(=O)(=O)N(CCC)Cc1ccsc1. The van der Waals surface area contributed by atoms with Crippen molar-refractivity contribution in [1.29, 1.82) is 0 Å². The number of hydrogen-bond acceptors (Lipinski definition) is 3. The van der Waals surface area contributed by atoms with Crippen LogP contribution >= 0.6 is 11.3 Å². The Hall–Kier alpha value is -0.390. The average molecular weight is 275 g/mol. The van der Waals surface area contributed by atoms with Gasteiger partial charge in [-0.15, -0.1) is 0 Å². The first-order chi connectivity index (χ1) is 8.10. The second-order valence-electron chi connectivity index (χ2n) is 4.13. The van der Waals surface area contributed by atoms with Gasteiger partial charge in [0.2, 0.25) is 10.0 Å². The van der Waals surface area contributed by atoms with Crippen LogP contribution in [0.4, 0.5) is 0 Å². The van der Waals surface area contributed by atoms with E-state index in [0.717, 1.165) is 24.8 Å². The van der Waals surface area contributed by atoms with Crippen LogP contribution in [0.3, 0.4) is 0 Å². The van der Waals surface area contributed by atoms with Crippen LogP contribution in [0.5, 0.6) is 0 Å². The molecular weight excluding hydrogens is 254 g/mol. The van der Waals surface area contributed by atoms with E-state index in [-0.39, 0.29) is 5.75 Å². The van der Waals surface area contributed by atoms with E-state index in [9.17, 15) is 8.42 Å². The van der Waals surface area contributed by atoms with E-state index in [1.807, 2.05) is 30.7 Å². The molecule has 0 aliphatic rings. The van der Waals surface area contributed by atoms with E-state index in [1.54, 1.807) is 15.6 Å². The Kier molecular flexibility index (Phi) is 6.16. The van der Waals surface area contributed by atoms with Gasteiger partial charge in [-0.3, -0.25) is 0 Å². The smallest absolute Gasteiger partial charge is 0.212 e. The Morgan fingerprint density at radius 3 is 2.59 bits per heavy atom. The van der Waals surface area contributed by atoms with E-state index in [2.05, 4.69) is 0 Å². The van der Waals surface area contributed by atoms with Crippen LogP contribution in [0.15, 0.2) is 16.8 Å². The fourth-order valence-electron chi connectivity index (χ4n) is 1.61. The van der Waals surface area contributed by atoms with Crippen molar-refractivity contribution in [1.82, 2.24) is 4.31 Å². The molecule has 0 fully saturated rings. The number of unbranched alkanes of at least 4 members (excludes halogenated alkanes) is 1. The third kappa shape index (κ3) is 4.77. The van der Waals surface area contributed by atoms with Gasteiger partial charge in [0, 0.05) is 13.1 Å². The van der Waals surface area contributed by atoms with Crippen LogP contribution < -0.4 is 0 Å².